The Morgan fingerprint density at radius 2 is 2.24 bits per heavy atom. The fourth-order valence-electron chi connectivity index (χ4n) is 2.16. The van der Waals surface area contributed by atoms with Crippen molar-refractivity contribution in [1.29, 1.82) is 0 Å². The Kier molecular flexibility index (Phi) is 3.98. The van der Waals surface area contributed by atoms with Crippen LogP contribution >= 0.6 is 22.6 Å². The van der Waals surface area contributed by atoms with E-state index in [1.54, 1.807) is 0 Å². The van der Waals surface area contributed by atoms with Crippen LogP contribution in [-0.4, -0.2) is 18.2 Å². The molecule has 1 aromatic rings. The Hall–Kier alpha value is -0.290. The van der Waals surface area contributed by atoms with Crippen molar-refractivity contribution in [2.24, 2.45) is 0 Å². The van der Waals surface area contributed by atoms with Crippen LogP contribution in [0.3, 0.4) is 0 Å². The van der Waals surface area contributed by atoms with Gasteiger partial charge in [0, 0.05) is 15.8 Å². The Morgan fingerprint density at radius 1 is 1.47 bits per heavy atom. The summed E-state index contributed by atoms with van der Waals surface area (Å²) < 4.78 is 7.27. The normalized spacial score (nSPS) is 22.7. The number of aryl methyl sites for hydroxylation is 1. The number of halogens is 1. The minimum absolute atomic E-state index is 0.0635. The second-order valence-electron chi connectivity index (χ2n) is 5.38. The minimum atomic E-state index is 0.0635. The molecule has 1 aliphatic rings. The molecule has 0 amide bonds. The largest absolute Gasteiger partial charge is 0.382 e. The average molecular weight is 345 g/mol. The maximum atomic E-state index is 5.96. The van der Waals surface area contributed by atoms with Gasteiger partial charge in [-0.05, 0) is 73.9 Å². The first kappa shape index (κ1) is 13.1. The van der Waals surface area contributed by atoms with Gasteiger partial charge in [-0.15, -0.1) is 0 Å². The van der Waals surface area contributed by atoms with Crippen molar-refractivity contribution in [3.63, 3.8) is 0 Å². The maximum absolute atomic E-state index is 5.96. The molecule has 1 fully saturated rings. The molecule has 1 saturated heterocycles. The molecule has 1 N–H and O–H groups in total. The van der Waals surface area contributed by atoms with Crippen LogP contribution in [0.2, 0.25) is 0 Å². The van der Waals surface area contributed by atoms with Gasteiger partial charge in [-0.25, -0.2) is 0 Å². The van der Waals surface area contributed by atoms with Crippen LogP contribution in [0.15, 0.2) is 18.2 Å². The number of ether oxygens (including phenoxy) is 1. The third kappa shape index (κ3) is 3.58. The molecule has 1 aromatic carbocycles. The first-order chi connectivity index (χ1) is 7.96. The van der Waals surface area contributed by atoms with Gasteiger partial charge in [-0.3, -0.25) is 0 Å². The third-order valence-corrected chi connectivity index (χ3v) is 4.42. The lowest BCUT2D eigenvalue weighted by Gasteiger charge is -2.20. The predicted octanol–water partition coefficient (Wildman–Crippen LogP) is 3.97. The fourth-order valence-corrected chi connectivity index (χ4v) is 2.67. The summed E-state index contributed by atoms with van der Waals surface area (Å²) in [5, 5.41) is 3.46. The molecule has 2 rings (SSSR count). The summed E-state index contributed by atoms with van der Waals surface area (Å²) in [7, 11) is 0. The van der Waals surface area contributed by atoms with Crippen LogP contribution in [0, 0.1) is 10.5 Å². The molecule has 17 heavy (non-hydrogen) atoms. The van der Waals surface area contributed by atoms with Crippen molar-refractivity contribution in [3.8, 4) is 0 Å². The van der Waals surface area contributed by atoms with E-state index in [9.17, 15) is 0 Å². The van der Waals surface area contributed by atoms with Crippen molar-refractivity contribution < 1.29 is 4.74 Å². The van der Waals surface area contributed by atoms with Crippen molar-refractivity contribution >= 4 is 28.3 Å². The van der Waals surface area contributed by atoms with E-state index in [1.165, 1.54) is 14.8 Å². The Bertz CT molecular complexity index is 403. The number of nitrogens with one attached hydrogen (secondary N) is 1. The van der Waals surface area contributed by atoms with Crippen molar-refractivity contribution in [2.75, 3.05) is 11.9 Å². The van der Waals surface area contributed by atoms with Crippen LogP contribution in [0.25, 0.3) is 0 Å². The highest BCUT2D eigenvalue weighted by atomic mass is 127. The summed E-state index contributed by atoms with van der Waals surface area (Å²) in [5.74, 6) is 0. The highest BCUT2D eigenvalue weighted by molar-refractivity contribution is 14.1. The van der Waals surface area contributed by atoms with Gasteiger partial charge in [0.1, 0.15) is 0 Å². The van der Waals surface area contributed by atoms with Crippen LogP contribution < -0.4 is 5.32 Å². The number of hydrogen-bond acceptors (Lipinski definition) is 2. The second-order valence-corrected chi connectivity index (χ2v) is 6.55. The van der Waals surface area contributed by atoms with E-state index in [-0.39, 0.29) is 5.60 Å². The topological polar surface area (TPSA) is 21.3 Å². The van der Waals surface area contributed by atoms with E-state index in [1.807, 2.05) is 0 Å². The number of hydrogen-bond donors (Lipinski definition) is 1. The van der Waals surface area contributed by atoms with Gasteiger partial charge in [0.25, 0.3) is 0 Å². The standard InChI is InChI=1S/C14H20INO/c1-10-4-5-11(8-13(10)15)16-9-12-6-7-14(2,3)17-12/h4-5,8,12,16H,6-7,9H2,1-3H3. The van der Waals surface area contributed by atoms with Crippen LogP contribution in [0.1, 0.15) is 32.3 Å². The Labute approximate surface area is 117 Å². The molecule has 0 spiro atoms. The molecule has 0 aliphatic carbocycles. The number of benzene rings is 1. The van der Waals surface area contributed by atoms with Gasteiger partial charge >= 0.3 is 0 Å². The molecule has 0 radical (unpaired) electrons. The van der Waals surface area contributed by atoms with E-state index in [4.69, 9.17) is 4.74 Å². The van der Waals surface area contributed by atoms with Gasteiger partial charge in [0.2, 0.25) is 0 Å². The van der Waals surface area contributed by atoms with E-state index in [0.717, 1.165) is 19.4 Å². The zero-order valence-corrected chi connectivity index (χ0v) is 12.9. The van der Waals surface area contributed by atoms with Crippen LogP contribution in [0.5, 0.6) is 0 Å². The van der Waals surface area contributed by atoms with E-state index < -0.39 is 0 Å². The molecule has 1 aliphatic heterocycles. The smallest absolute Gasteiger partial charge is 0.0755 e. The summed E-state index contributed by atoms with van der Waals surface area (Å²) in [6.07, 6.45) is 2.66. The number of rotatable bonds is 3. The predicted molar refractivity (Wildman–Crippen MR) is 80.6 cm³/mol. The van der Waals surface area contributed by atoms with Gasteiger partial charge in [0.15, 0.2) is 0 Å². The molecule has 2 nitrogen and oxygen atoms in total. The SMILES string of the molecule is Cc1ccc(NCC2CCC(C)(C)O2)cc1I. The molecule has 1 atom stereocenters. The van der Waals surface area contributed by atoms with E-state index in [0.29, 0.717) is 6.10 Å². The first-order valence-electron chi connectivity index (χ1n) is 6.14. The second kappa shape index (κ2) is 5.14. The molecule has 3 heteroatoms. The molecule has 0 aromatic heterocycles. The van der Waals surface area contributed by atoms with Gasteiger partial charge in [0.05, 0.1) is 11.7 Å². The highest BCUT2D eigenvalue weighted by Gasteiger charge is 2.31. The molecule has 1 unspecified atom stereocenters. The minimum Gasteiger partial charge on any atom is -0.382 e. The van der Waals surface area contributed by atoms with E-state index in [2.05, 4.69) is 66.9 Å². The molecular weight excluding hydrogens is 325 g/mol. The third-order valence-electron chi connectivity index (χ3n) is 3.26. The zero-order valence-electron chi connectivity index (χ0n) is 10.7. The molecule has 94 valence electrons. The van der Waals surface area contributed by atoms with Crippen molar-refractivity contribution in [1.82, 2.24) is 0 Å². The monoisotopic (exact) mass is 345 g/mol. The lowest BCUT2D eigenvalue weighted by Crippen LogP contribution is -2.24. The maximum Gasteiger partial charge on any atom is 0.0755 e. The Balaban J connectivity index is 1.88. The zero-order chi connectivity index (χ0) is 12.5. The molecule has 0 saturated carbocycles. The first-order valence-corrected chi connectivity index (χ1v) is 7.22. The number of anilines is 1. The Morgan fingerprint density at radius 3 is 2.82 bits per heavy atom. The summed E-state index contributed by atoms with van der Waals surface area (Å²) in [6, 6.07) is 6.48. The fraction of sp³-hybridized carbons (Fsp3) is 0.571. The molecule has 0 bridgehead atoms. The summed E-state index contributed by atoms with van der Waals surface area (Å²) in [5.41, 5.74) is 2.58. The van der Waals surface area contributed by atoms with Crippen molar-refractivity contribution in [3.05, 3.63) is 27.3 Å². The molecular formula is C14H20INO. The summed E-state index contributed by atoms with van der Waals surface area (Å²) >= 11 is 2.37. The lowest BCUT2D eigenvalue weighted by atomic mass is 10.1. The van der Waals surface area contributed by atoms with E-state index >= 15 is 0 Å². The van der Waals surface area contributed by atoms with Crippen LogP contribution in [-0.2, 0) is 4.74 Å². The highest BCUT2D eigenvalue weighted by Crippen LogP contribution is 2.29. The van der Waals surface area contributed by atoms with Crippen molar-refractivity contribution in [2.45, 2.75) is 45.3 Å². The average Bonchev–Trinajstić information content (AvgIpc) is 2.60. The summed E-state index contributed by atoms with van der Waals surface area (Å²) in [6.45, 7) is 7.38. The lowest BCUT2D eigenvalue weighted by molar-refractivity contribution is -0.00910. The van der Waals surface area contributed by atoms with Gasteiger partial charge in [-0.2, -0.15) is 0 Å². The van der Waals surface area contributed by atoms with Gasteiger partial charge in [-0.1, -0.05) is 6.07 Å². The summed E-state index contributed by atoms with van der Waals surface area (Å²) in [4.78, 5) is 0. The van der Waals surface area contributed by atoms with Crippen LogP contribution in [0.4, 0.5) is 5.69 Å². The molecule has 1 heterocycles. The quantitative estimate of drug-likeness (QED) is 0.837. The van der Waals surface area contributed by atoms with Gasteiger partial charge < -0.3 is 10.1 Å².